The molecule has 2 N–H and O–H groups in total. The van der Waals surface area contributed by atoms with E-state index in [1.54, 1.807) is 13.8 Å². The molecule has 204 valence electrons. The fraction of sp³-hybridized carbons (Fsp3) is 0.842. The van der Waals surface area contributed by atoms with Gasteiger partial charge in [0.15, 0.2) is 8.67 Å². The third-order valence-electron chi connectivity index (χ3n) is 3.49. The Bertz CT molecular complexity index is 518. The first-order valence-corrected chi connectivity index (χ1v) is 12.5. The number of hydrogen-bond acceptors (Lipinski definition) is 7. The monoisotopic (exact) mass is 614 g/mol. The Morgan fingerprint density at radius 1 is 0.676 bits per heavy atom. The standard InChI is InChI=1S/2C9H15Cl3O3.CH2O3/c2*1-3-7(10)5-14-8(13)15-6-9(11,12)4-2;2-1(3)4/h2*7H,3-6H2,1-2H3;(H2,2,3,4). The summed E-state index contributed by atoms with van der Waals surface area (Å²) >= 11 is 34.5. The van der Waals surface area contributed by atoms with E-state index in [0.29, 0.717) is 12.8 Å². The molecule has 0 aromatic heterocycles. The Morgan fingerprint density at radius 2 is 0.941 bits per heavy atom. The third kappa shape index (κ3) is 29.6. The van der Waals surface area contributed by atoms with E-state index in [2.05, 4.69) is 0 Å². The van der Waals surface area contributed by atoms with E-state index in [4.69, 9.17) is 104 Å². The summed E-state index contributed by atoms with van der Waals surface area (Å²) < 4.78 is 16.8. The second kappa shape index (κ2) is 21.8. The first-order valence-electron chi connectivity index (χ1n) is 10.1. The molecule has 2 atom stereocenters. The van der Waals surface area contributed by atoms with E-state index in [-0.39, 0.29) is 37.2 Å². The summed E-state index contributed by atoms with van der Waals surface area (Å²) in [7, 11) is 0. The largest absolute Gasteiger partial charge is 0.508 e. The normalized spacial score (nSPS) is 12.5. The Hall–Kier alpha value is -0.450. The minimum absolute atomic E-state index is 0.0927. The van der Waals surface area contributed by atoms with Crippen LogP contribution in [0.3, 0.4) is 0 Å². The van der Waals surface area contributed by atoms with E-state index >= 15 is 0 Å². The van der Waals surface area contributed by atoms with Crippen molar-refractivity contribution in [3.05, 3.63) is 0 Å². The summed E-state index contributed by atoms with van der Waals surface area (Å²) in [6, 6.07) is 0. The number of alkyl halides is 6. The summed E-state index contributed by atoms with van der Waals surface area (Å²) in [4.78, 5) is 30.6. The van der Waals surface area contributed by atoms with Gasteiger partial charge in [-0.15, -0.1) is 23.2 Å². The highest BCUT2D eigenvalue weighted by Crippen LogP contribution is 2.25. The molecule has 0 amide bonds. The van der Waals surface area contributed by atoms with Crippen molar-refractivity contribution >= 4 is 88.1 Å². The molecular weight excluding hydrogens is 585 g/mol. The molecule has 2 unspecified atom stereocenters. The van der Waals surface area contributed by atoms with Crippen molar-refractivity contribution in [3.8, 4) is 0 Å². The zero-order valence-corrected chi connectivity index (χ0v) is 23.9. The van der Waals surface area contributed by atoms with Crippen molar-refractivity contribution in [1.82, 2.24) is 0 Å². The van der Waals surface area contributed by atoms with Crippen LogP contribution < -0.4 is 0 Å². The van der Waals surface area contributed by atoms with Crippen LogP contribution in [0.5, 0.6) is 0 Å². The van der Waals surface area contributed by atoms with Gasteiger partial charge in [-0.3, -0.25) is 0 Å². The minimum atomic E-state index is -1.83. The molecule has 34 heavy (non-hydrogen) atoms. The van der Waals surface area contributed by atoms with Gasteiger partial charge in [0.25, 0.3) is 0 Å². The fourth-order valence-corrected chi connectivity index (χ4v) is 1.51. The fourth-order valence-electron chi connectivity index (χ4n) is 1.17. The Morgan fingerprint density at radius 3 is 1.15 bits per heavy atom. The van der Waals surface area contributed by atoms with Gasteiger partial charge < -0.3 is 29.2 Å². The van der Waals surface area contributed by atoms with Gasteiger partial charge in [-0.1, -0.05) is 74.1 Å². The molecule has 0 radical (unpaired) electrons. The zero-order chi connectivity index (χ0) is 27.4. The maximum absolute atomic E-state index is 11.0. The first kappa shape index (κ1) is 38.1. The summed E-state index contributed by atoms with van der Waals surface area (Å²) in [6.07, 6.45) is -1.02. The second-order valence-electron chi connectivity index (χ2n) is 6.41. The number of carbonyl (C=O) groups excluding carboxylic acids is 2. The molecule has 0 heterocycles. The molecule has 0 aliphatic carbocycles. The molecule has 0 aromatic rings. The number of carbonyl (C=O) groups is 3. The molecule has 0 rings (SSSR count). The van der Waals surface area contributed by atoms with Crippen LogP contribution in [0.4, 0.5) is 14.4 Å². The van der Waals surface area contributed by atoms with Gasteiger partial charge in [-0.25, -0.2) is 14.4 Å². The van der Waals surface area contributed by atoms with Gasteiger partial charge in [0.05, 0.1) is 10.8 Å². The minimum Gasteiger partial charge on any atom is -0.450 e. The number of hydrogen-bond donors (Lipinski definition) is 2. The summed E-state index contributed by atoms with van der Waals surface area (Å²) in [5.74, 6) is 0. The maximum atomic E-state index is 11.0. The van der Waals surface area contributed by atoms with Crippen LogP contribution in [-0.2, 0) is 18.9 Å². The van der Waals surface area contributed by atoms with Crippen molar-refractivity contribution in [2.24, 2.45) is 0 Å². The summed E-state index contributed by atoms with van der Waals surface area (Å²) in [6.45, 7) is 7.44. The van der Waals surface area contributed by atoms with Gasteiger partial charge in [-0.2, -0.15) is 0 Å². The van der Waals surface area contributed by atoms with Crippen molar-refractivity contribution in [2.45, 2.75) is 72.8 Å². The van der Waals surface area contributed by atoms with Crippen LogP contribution in [0.2, 0.25) is 0 Å². The van der Waals surface area contributed by atoms with E-state index in [0.717, 1.165) is 12.8 Å². The van der Waals surface area contributed by atoms with Gasteiger partial charge in [-0.05, 0) is 25.7 Å². The molecule has 15 heteroatoms. The van der Waals surface area contributed by atoms with Crippen LogP contribution in [0.1, 0.15) is 53.4 Å². The van der Waals surface area contributed by atoms with Crippen LogP contribution in [0.25, 0.3) is 0 Å². The predicted octanol–water partition coefficient (Wildman–Crippen LogP) is 7.70. The molecule has 0 aliphatic heterocycles. The van der Waals surface area contributed by atoms with Gasteiger partial charge in [0.2, 0.25) is 0 Å². The lowest BCUT2D eigenvalue weighted by Crippen LogP contribution is -2.24. The number of carboxylic acid groups (broad SMARTS) is 2. The number of rotatable bonds is 12. The Labute approximate surface area is 230 Å². The van der Waals surface area contributed by atoms with Crippen LogP contribution >= 0.6 is 69.6 Å². The van der Waals surface area contributed by atoms with E-state index in [1.807, 2.05) is 13.8 Å². The highest BCUT2D eigenvalue weighted by molar-refractivity contribution is 6.48. The molecule has 0 spiro atoms. The van der Waals surface area contributed by atoms with Crippen molar-refractivity contribution in [2.75, 3.05) is 26.4 Å². The maximum Gasteiger partial charge on any atom is 0.508 e. The van der Waals surface area contributed by atoms with Gasteiger partial charge in [0, 0.05) is 0 Å². The van der Waals surface area contributed by atoms with E-state index < -0.39 is 27.1 Å². The van der Waals surface area contributed by atoms with Crippen LogP contribution in [-0.4, -0.2) is 74.5 Å². The Kier molecular flexibility index (Phi) is 24.4. The predicted molar refractivity (Wildman–Crippen MR) is 135 cm³/mol. The summed E-state index contributed by atoms with van der Waals surface area (Å²) in [5, 5.41) is 13.6. The van der Waals surface area contributed by atoms with Gasteiger partial charge >= 0.3 is 18.5 Å². The highest BCUT2D eigenvalue weighted by atomic mass is 35.5. The lowest BCUT2D eigenvalue weighted by atomic mass is 10.3. The van der Waals surface area contributed by atoms with Crippen LogP contribution in [0.15, 0.2) is 0 Å². The molecule has 0 saturated heterocycles. The smallest absolute Gasteiger partial charge is 0.450 e. The van der Waals surface area contributed by atoms with Crippen molar-refractivity contribution in [1.29, 1.82) is 0 Å². The van der Waals surface area contributed by atoms with E-state index in [9.17, 15) is 9.59 Å². The molecule has 0 bridgehead atoms. The van der Waals surface area contributed by atoms with Crippen molar-refractivity contribution in [3.63, 3.8) is 0 Å². The lowest BCUT2D eigenvalue weighted by molar-refractivity contribution is 0.0517. The lowest BCUT2D eigenvalue weighted by Gasteiger charge is -2.16. The van der Waals surface area contributed by atoms with Gasteiger partial charge in [0.1, 0.15) is 26.4 Å². The molecule has 9 nitrogen and oxygen atoms in total. The zero-order valence-electron chi connectivity index (χ0n) is 19.3. The molecular formula is C19H32Cl6O9. The second-order valence-corrected chi connectivity index (χ2v) is 10.9. The third-order valence-corrected chi connectivity index (χ3v) is 5.86. The topological polar surface area (TPSA) is 129 Å². The number of halogens is 6. The first-order chi connectivity index (χ1) is 15.6. The van der Waals surface area contributed by atoms with Crippen LogP contribution in [0, 0.1) is 0 Å². The summed E-state index contributed by atoms with van der Waals surface area (Å²) in [5.41, 5.74) is 0. The van der Waals surface area contributed by atoms with E-state index in [1.165, 1.54) is 0 Å². The number of ether oxygens (including phenoxy) is 4. The average Bonchev–Trinajstić information content (AvgIpc) is 2.78. The Balaban J connectivity index is -0.000000488. The SMILES string of the molecule is CCC(Cl)COC(=O)OCC(Cl)(Cl)CC.CCC(Cl)COC(=O)OCC(Cl)(Cl)CC.O=C(O)O. The quantitative estimate of drug-likeness (QED) is 0.167. The molecule has 0 aliphatic rings. The average molecular weight is 617 g/mol. The molecule has 0 aromatic carbocycles. The highest BCUT2D eigenvalue weighted by Gasteiger charge is 2.25. The van der Waals surface area contributed by atoms with Crippen molar-refractivity contribution < 1.29 is 43.5 Å². The molecule has 0 fully saturated rings. The molecule has 0 saturated carbocycles.